The highest BCUT2D eigenvalue weighted by Gasteiger charge is 2.11. The van der Waals surface area contributed by atoms with Crippen LogP contribution in [0.3, 0.4) is 0 Å². The van der Waals surface area contributed by atoms with Gasteiger partial charge in [0.2, 0.25) is 0 Å². The van der Waals surface area contributed by atoms with Crippen LogP contribution in [-0.2, 0) is 0 Å². The van der Waals surface area contributed by atoms with E-state index in [9.17, 15) is 10.1 Å². The number of hydrogen-bond acceptors (Lipinski definition) is 5. The molecule has 0 saturated heterocycles. The van der Waals surface area contributed by atoms with E-state index in [1.54, 1.807) is 18.2 Å². The molecule has 0 unspecified atom stereocenters. The van der Waals surface area contributed by atoms with Crippen LogP contribution in [0.4, 0.5) is 11.4 Å². The van der Waals surface area contributed by atoms with Gasteiger partial charge in [0.05, 0.1) is 11.5 Å². The average molecular weight is 323 g/mol. The zero-order valence-corrected chi connectivity index (χ0v) is 14.0. The molecule has 0 aliphatic rings. The first-order valence-electron chi connectivity index (χ1n) is 8.49. The van der Waals surface area contributed by atoms with Crippen LogP contribution in [0.2, 0.25) is 0 Å². The molecule has 0 amide bonds. The van der Waals surface area contributed by atoms with Crippen molar-refractivity contribution in [2.75, 3.05) is 38.1 Å². The number of para-hydroxylation sites is 2. The fraction of sp³-hybridized carbons (Fsp3) is 0.647. The molecule has 23 heavy (non-hydrogen) atoms. The number of nitrogens with zero attached hydrogens (tertiary/aromatic N) is 2. The highest BCUT2D eigenvalue weighted by Crippen LogP contribution is 2.23. The quantitative estimate of drug-likeness (QED) is 0.331. The normalized spacial score (nSPS) is 10.9. The number of aliphatic hydroxyl groups excluding tert-OH is 1. The molecule has 6 nitrogen and oxygen atoms in total. The molecule has 0 aromatic heterocycles. The van der Waals surface area contributed by atoms with Gasteiger partial charge >= 0.3 is 0 Å². The van der Waals surface area contributed by atoms with Gasteiger partial charge in [-0.1, -0.05) is 31.9 Å². The summed E-state index contributed by atoms with van der Waals surface area (Å²) in [6.07, 6.45) is 5.49. The summed E-state index contributed by atoms with van der Waals surface area (Å²) in [5, 5.41) is 23.1. The van der Waals surface area contributed by atoms with Crippen molar-refractivity contribution >= 4 is 11.4 Å². The van der Waals surface area contributed by atoms with E-state index in [1.165, 1.54) is 6.07 Å². The molecule has 1 aromatic carbocycles. The van der Waals surface area contributed by atoms with E-state index in [0.29, 0.717) is 5.69 Å². The summed E-state index contributed by atoms with van der Waals surface area (Å²) < 4.78 is 0. The van der Waals surface area contributed by atoms with Gasteiger partial charge < -0.3 is 15.3 Å². The summed E-state index contributed by atoms with van der Waals surface area (Å²) in [5.41, 5.74) is 0.723. The molecule has 0 fully saturated rings. The third-order valence-corrected chi connectivity index (χ3v) is 3.77. The number of rotatable bonds is 13. The maximum absolute atomic E-state index is 10.9. The van der Waals surface area contributed by atoms with Crippen molar-refractivity contribution < 1.29 is 10.0 Å². The van der Waals surface area contributed by atoms with Crippen molar-refractivity contribution in [3.05, 3.63) is 34.4 Å². The van der Waals surface area contributed by atoms with Gasteiger partial charge in [-0.25, -0.2) is 0 Å². The van der Waals surface area contributed by atoms with Crippen molar-refractivity contribution in [3.8, 4) is 0 Å². The van der Waals surface area contributed by atoms with Crippen molar-refractivity contribution in [2.24, 2.45) is 0 Å². The SMILES string of the molecule is CCCN(CCO)CCCCCCNc1ccccc1[N+](=O)[O-]. The fourth-order valence-corrected chi connectivity index (χ4v) is 2.61. The Morgan fingerprint density at radius 1 is 1.13 bits per heavy atom. The standard InChI is InChI=1S/C17H29N3O3/c1-2-12-19(14-15-21)13-8-4-3-7-11-18-16-9-5-6-10-17(16)20(22)23/h5-6,9-10,18,21H,2-4,7-8,11-15H2,1H3. The number of unbranched alkanes of at least 4 members (excludes halogenated alkanes) is 3. The summed E-state index contributed by atoms with van der Waals surface area (Å²) in [4.78, 5) is 12.9. The lowest BCUT2D eigenvalue weighted by molar-refractivity contribution is -0.384. The average Bonchev–Trinajstić information content (AvgIpc) is 2.54. The van der Waals surface area contributed by atoms with Crippen LogP contribution < -0.4 is 5.32 Å². The molecular weight excluding hydrogens is 294 g/mol. The van der Waals surface area contributed by atoms with E-state index in [1.807, 2.05) is 0 Å². The Labute approximate surface area is 138 Å². The smallest absolute Gasteiger partial charge is 0.292 e. The molecule has 0 aliphatic heterocycles. The van der Waals surface area contributed by atoms with Crippen LogP contribution >= 0.6 is 0 Å². The number of aliphatic hydroxyl groups is 1. The monoisotopic (exact) mass is 323 g/mol. The topological polar surface area (TPSA) is 78.6 Å². The first-order chi connectivity index (χ1) is 11.2. The highest BCUT2D eigenvalue weighted by molar-refractivity contribution is 5.60. The zero-order valence-electron chi connectivity index (χ0n) is 14.0. The maximum atomic E-state index is 10.9. The highest BCUT2D eigenvalue weighted by atomic mass is 16.6. The lowest BCUT2D eigenvalue weighted by Crippen LogP contribution is -2.28. The Morgan fingerprint density at radius 3 is 2.57 bits per heavy atom. The molecule has 6 heteroatoms. The van der Waals surface area contributed by atoms with Gasteiger partial charge in [0.1, 0.15) is 5.69 Å². The summed E-state index contributed by atoms with van der Waals surface area (Å²) in [6.45, 7) is 5.96. The number of nitro benzene ring substituents is 1. The van der Waals surface area contributed by atoms with Crippen molar-refractivity contribution in [3.63, 3.8) is 0 Å². The van der Waals surface area contributed by atoms with Crippen LogP contribution in [0.15, 0.2) is 24.3 Å². The van der Waals surface area contributed by atoms with Gasteiger partial charge in [0, 0.05) is 19.2 Å². The number of benzene rings is 1. The van der Waals surface area contributed by atoms with Crippen LogP contribution in [-0.4, -0.2) is 47.7 Å². The number of anilines is 1. The summed E-state index contributed by atoms with van der Waals surface area (Å²) in [5.74, 6) is 0. The Bertz CT molecular complexity index is 448. The predicted molar refractivity (Wildman–Crippen MR) is 93.9 cm³/mol. The van der Waals surface area contributed by atoms with E-state index in [2.05, 4.69) is 17.1 Å². The van der Waals surface area contributed by atoms with Crippen molar-refractivity contribution in [2.45, 2.75) is 39.0 Å². The second-order valence-corrected chi connectivity index (χ2v) is 5.68. The van der Waals surface area contributed by atoms with Crippen LogP contribution in [0.5, 0.6) is 0 Å². The minimum Gasteiger partial charge on any atom is -0.395 e. The molecule has 2 N–H and O–H groups in total. The molecule has 130 valence electrons. The minimum absolute atomic E-state index is 0.131. The molecule has 1 rings (SSSR count). The van der Waals surface area contributed by atoms with Crippen LogP contribution in [0.1, 0.15) is 39.0 Å². The second kappa shape index (κ2) is 11.8. The third kappa shape index (κ3) is 7.95. The minimum atomic E-state index is -0.355. The first-order valence-corrected chi connectivity index (χ1v) is 8.49. The van der Waals surface area contributed by atoms with Gasteiger partial charge in [-0.05, 0) is 38.4 Å². The lowest BCUT2D eigenvalue weighted by Gasteiger charge is -2.20. The van der Waals surface area contributed by atoms with Gasteiger partial charge in [-0.2, -0.15) is 0 Å². The van der Waals surface area contributed by atoms with Crippen molar-refractivity contribution in [1.82, 2.24) is 4.90 Å². The van der Waals surface area contributed by atoms with E-state index < -0.39 is 0 Å². The number of nitrogens with one attached hydrogen (secondary N) is 1. The molecule has 0 aliphatic carbocycles. The molecule has 0 saturated carbocycles. The van der Waals surface area contributed by atoms with E-state index in [0.717, 1.165) is 58.3 Å². The Hall–Kier alpha value is -1.66. The first kappa shape index (κ1) is 19.4. The molecular formula is C17H29N3O3. The van der Waals surface area contributed by atoms with Gasteiger partial charge in [-0.3, -0.25) is 10.1 Å². The van der Waals surface area contributed by atoms with Gasteiger partial charge in [-0.15, -0.1) is 0 Å². The summed E-state index contributed by atoms with van der Waals surface area (Å²) >= 11 is 0. The van der Waals surface area contributed by atoms with Gasteiger partial charge in [0.25, 0.3) is 5.69 Å². The lowest BCUT2D eigenvalue weighted by atomic mass is 10.1. The third-order valence-electron chi connectivity index (χ3n) is 3.77. The fourth-order valence-electron chi connectivity index (χ4n) is 2.61. The molecule has 0 atom stereocenters. The van der Waals surface area contributed by atoms with Crippen LogP contribution in [0, 0.1) is 10.1 Å². The second-order valence-electron chi connectivity index (χ2n) is 5.68. The Balaban J connectivity index is 2.15. The number of hydrogen-bond donors (Lipinski definition) is 2. The molecule has 0 spiro atoms. The Kier molecular flexibility index (Phi) is 9.99. The van der Waals surface area contributed by atoms with Gasteiger partial charge in [0.15, 0.2) is 0 Å². The molecule has 0 radical (unpaired) electrons. The molecule has 0 heterocycles. The van der Waals surface area contributed by atoms with Crippen LogP contribution in [0.25, 0.3) is 0 Å². The molecule has 0 bridgehead atoms. The van der Waals surface area contributed by atoms with Crippen molar-refractivity contribution in [1.29, 1.82) is 0 Å². The van der Waals surface area contributed by atoms with E-state index >= 15 is 0 Å². The number of nitro groups is 1. The van der Waals surface area contributed by atoms with E-state index in [4.69, 9.17) is 5.11 Å². The zero-order chi connectivity index (χ0) is 16.9. The molecule has 1 aromatic rings. The predicted octanol–water partition coefficient (Wildman–Crippen LogP) is 3.27. The summed E-state index contributed by atoms with van der Waals surface area (Å²) in [6, 6.07) is 6.75. The maximum Gasteiger partial charge on any atom is 0.292 e. The summed E-state index contributed by atoms with van der Waals surface area (Å²) in [7, 11) is 0. The largest absolute Gasteiger partial charge is 0.395 e. The Morgan fingerprint density at radius 2 is 1.87 bits per heavy atom. The van der Waals surface area contributed by atoms with E-state index in [-0.39, 0.29) is 17.2 Å².